The van der Waals surface area contributed by atoms with Gasteiger partial charge in [-0.05, 0) is 17.9 Å². The van der Waals surface area contributed by atoms with Crippen LogP contribution in [-0.4, -0.2) is 13.9 Å². The quantitative estimate of drug-likeness (QED) is 0.730. The third kappa shape index (κ3) is 2.23. The molecule has 0 saturated heterocycles. The Bertz CT molecular complexity index is 410. The van der Waals surface area contributed by atoms with E-state index in [0.717, 1.165) is 19.3 Å². The van der Waals surface area contributed by atoms with Crippen molar-refractivity contribution in [1.82, 2.24) is 0 Å². The summed E-state index contributed by atoms with van der Waals surface area (Å²) in [6.45, 7) is 7.17. The van der Waals surface area contributed by atoms with E-state index in [0.29, 0.717) is 5.78 Å². The lowest BCUT2D eigenvalue weighted by molar-refractivity contribution is -0.121. The van der Waals surface area contributed by atoms with Crippen molar-refractivity contribution in [2.24, 2.45) is 0 Å². The number of Topliss-reactive ketones (excluding diaryl/α,β-unsaturated/α-hetero) is 1. The average molecular weight is 246 g/mol. The van der Waals surface area contributed by atoms with Crippen LogP contribution in [0.4, 0.5) is 0 Å². The number of hydrogen-bond acceptors (Lipinski definition) is 1. The average Bonchev–Trinajstić information content (AvgIpc) is 2.29. The molecule has 1 fully saturated rings. The van der Waals surface area contributed by atoms with Crippen LogP contribution in [0.25, 0.3) is 0 Å². The van der Waals surface area contributed by atoms with Crippen molar-refractivity contribution in [3.8, 4) is 0 Å². The van der Waals surface area contributed by atoms with Crippen molar-refractivity contribution in [2.45, 2.75) is 50.7 Å². The second kappa shape index (κ2) is 4.41. The zero-order chi connectivity index (χ0) is 12.5. The van der Waals surface area contributed by atoms with Gasteiger partial charge in [0.15, 0.2) is 0 Å². The molecule has 1 nitrogen and oxygen atoms in total. The predicted octanol–water partition coefficient (Wildman–Crippen LogP) is 3.51. The Kier molecular flexibility index (Phi) is 3.26. The fraction of sp³-hybridized carbons (Fsp3) is 0.533. The fourth-order valence-electron chi connectivity index (χ4n) is 3.02. The van der Waals surface area contributed by atoms with E-state index in [2.05, 4.69) is 50.3 Å². The van der Waals surface area contributed by atoms with E-state index in [9.17, 15) is 4.79 Å². The smallest absolute Gasteiger partial charge is 0.133 e. The first-order valence-corrected chi connectivity index (χ1v) is 9.53. The van der Waals surface area contributed by atoms with Gasteiger partial charge in [-0.3, -0.25) is 4.79 Å². The van der Waals surface area contributed by atoms with Gasteiger partial charge in [-0.25, -0.2) is 0 Å². The van der Waals surface area contributed by atoms with Crippen LogP contribution in [0.1, 0.15) is 32.6 Å². The van der Waals surface area contributed by atoms with E-state index in [1.54, 1.807) is 0 Å². The van der Waals surface area contributed by atoms with Crippen LogP contribution in [0.2, 0.25) is 18.1 Å². The van der Waals surface area contributed by atoms with Gasteiger partial charge in [-0.1, -0.05) is 55.5 Å². The molecule has 0 amide bonds. The highest BCUT2D eigenvalue weighted by atomic mass is 28.3. The Morgan fingerprint density at radius 1 is 1.18 bits per heavy atom. The molecular weight excluding hydrogens is 224 g/mol. The SMILES string of the molecule is CC1([Si](C)(C)c2ccccc2)CCCC(=O)C1. The van der Waals surface area contributed by atoms with Gasteiger partial charge in [0.2, 0.25) is 0 Å². The Morgan fingerprint density at radius 2 is 1.82 bits per heavy atom. The molecule has 1 aliphatic rings. The van der Waals surface area contributed by atoms with E-state index in [1.807, 2.05) is 0 Å². The summed E-state index contributed by atoms with van der Waals surface area (Å²) in [4.78, 5) is 11.8. The molecule has 0 aromatic heterocycles. The minimum atomic E-state index is -1.57. The highest BCUT2D eigenvalue weighted by molar-refractivity contribution is 6.92. The third-order valence-electron chi connectivity index (χ3n) is 4.78. The largest absolute Gasteiger partial charge is 0.300 e. The van der Waals surface area contributed by atoms with Crippen molar-refractivity contribution in [2.75, 3.05) is 0 Å². The van der Waals surface area contributed by atoms with Gasteiger partial charge in [0.05, 0.1) is 8.07 Å². The van der Waals surface area contributed by atoms with E-state index in [4.69, 9.17) is 0 Å². The summed E-state index contributed by atoms with van der Waals surface area (Å²) >= 11 is 0. The molecule has 1 atom stereocenters. The number of ketones is 1. The van der Waals surface area contributed by atoms with E-state index in [1.165, 1.54) is 11.6 Å². The molecule has 2 rings (SSSR count). The maximum atomic E-state index is 11.8. The molecule has 0 heterocycles. The molecule has 92 valence electrons. The Balaban J connectivity index is 2.34. The summed E-state index contributed by atoms with van der Waals surface area (Å²) in [6.07, 6.45) is 3.89. The zero-order valence-electron chi connectivity index (χ0n) is 11.1. The maximum Gasteiger partial charge on any atom is 0.133 e. The lowest BCUT2D eigenvalue weighted by Gasteiger charge is -2.45. The summed E-state index contributed by atoms with van der Waals surface area (Å²) in [5.74, 6) is 0.468. The number of carbonyl (C=O) groups is 1. The lowest BCUT2D eigenvalue weighted by atomic mass is 9.89. The number of benzene rings is 1. The van der Waals surface area contributed by atoms with Crippen LogP contribution in [-0.2, 0) is 4.79 Å². The summed E-state index contributed by atoms with van der Waals surface area (Å²) in [6, 6.07) is 10.8. The first-order chi connectivity index (χ1) is 7.96. The molecule has 0 N–H and O–H groups in total. The molecule has 1 aliphatic carbocycles. The van der Waals surface area contributed by atoms with Crippen LogP contribution in [0.15, 0.2) is 30.3 Å². The van der Waals surface area contributed by atoms with Gasteiger partial charge in [0, 0.05) is 12.8 Å². The van der Waals surface area contributed by atoms with Gasteiger partial charge < -0.3 is 0 Å². The molecule has 1 unspecified atom stereocenters. The van der Waals surface area contributed by atoms with Gasteiger partial charge >= 0.3 is 0 Å². The van der Waals surface area contributed by atoms with E-state index < -0.39 is 8.07 Å². The van der Waals surface area contributed by atoms with Crippen LogP contribution < -0.4 is 5.19 Å². The Labute approximate surface area is 105 Å². The van der Waals surface area contributed by atoms with Crippen molar-refractivity contribution in [3.05, 3.63) is 30.3 Å². The van der Waals surface area contributed by atoms with Crippen LogP contribution in [0.5, 0.6) is 0 Å². The molecule has 1 aromatic rings. The third-order valence-corrected chi connectivity index (χ3v) is 10.00. The maximum absolute atomic E-state index is 11.8. The predicted molar refractivity (Wildman–Crippen MR) is 75.4 cm³/mol. The van der Waals surface area contributed by atoms with Gasteiger partial charge in [-0.15, -0.1) is 0 Å². The van der Waals surface area contributed by atoms with E-state index in [-0.39, 0.29) is 5.04 Å². The van der Waals surface area contributed by atoms with Crippen molar-refractivity contribution >= 4 is 19.0 Å². The highest BCUT2D eigenvalue weighted by Gasteiger charge is 2.46. The minimum Gasteiger partial charge on any atom is -0.300 e. The summed E-state index contributed by atoms with van der Waals surface area (Å²) in [5, 5.41) is 1.72. The number of hydrogen-bond donors (Lipinski definition) is 0. The topological polar surface area (TPSA) is 17.1 Å². The first kappa shape index (κ1) is 12.6. The summed E-state index contributed by atoms with van der Waals surface area (Å²) in [7, 11) is -1.57. The van der Waals surface area contributed by atoms with Gasteiger partial charge in [0.25, 0.3) is 0 Å². The molecule has 1 saturated carbocycles. The van der Waals surface area contributed by atoms with Crippen LogP contribution >= 0.6 is 0 Å². The van der Waals surface area contributed by atoms with Crippen molar-refractivity contribution in [1.29, 1.82) is 0 Å². The Morgan fingerprint density at radius 3 is 2.41 bits per heavy atom. The second-order valence-electron chi connectivity index (χ2n) is 6.12. The fourth-order valence-corrected chi connectivity index (χ4v) is 6.19. The molecule has 2 heteroatoms. The summed E-state index contributed by atoms with van der Waals surface area (Å²) in [5.41, 5.74) is 0. The van der Waals surface area contributed by atoms with Crippen LogP contribution in [0.3, 0.4) is 0 Å². The number of carbonyl (C=O) groups excluding carboxylic acids is 1. The second-order valence-corrected chi connectivity index (χ2v) is 11.2. The summed E-state index contributed by atoms with van der Waals surface area (Å²) < 4.78 is 0. The molecule has 17 heavy (non-hydrogen) atoms. The monoisotopic (exact) mass is 246 g/mol. The molecule has 0 aliphatic heterocycles. The molecule has 1 aromatic carbocycles. The molecular formula is C15H22OSi. The molecule has 0 spiro atoms. The standard InChI is InChI=1S/C15H22OSi/c1-15(11-7-8-13(16)12-15)17(2,3)14-9-5-4-6-10-14/h4-6,9-10H,7-8,11-12H2,1-3H3. The molecule has 0 radical (unpaired) electrons. The van der Waals surface area contributed by atoms with Crippen molar-refractivity contribution < 1.29 is 4.79 Å². The zero-order valence-corrected chi connectivity index (χ0v) is 12.1. The van der Waals surface area contributed by atoms with Crippen molar-refractivity contribution in [3.63, 3.8) is 0 Å². The Hall–Kier alpha value is -0.893. The molecule has 0 bridgehead atoms. The first-order valence-electron chi connectivity index (χ1n) is 6.53. The normalized spacial score (nSPS) is 25.9. The number of rotatable bonds is 2. The minimum absolute atomic E-state index is 0.240. The van der Waals surface area contributed by atoms with E-state index >= 15 is 0 Å². The van der Waals surface area contributed by atoms with Gasteiger partial charge in [-0.2, -0.15) is 0 Å². The lowest BCUT2D eigenvalue weighted by Crippen LogP contribution is -2.53. The van der Waals surface area contributed by atoms with Gasteiger partial charge in [0.1, 0.15) is 5.78 Å². The van der Waals surface area contributed by atoms with Crippen LogP contribution in [0, 0.1) is 0 Å². The highest BCUT2D eigenvalue weighted by Crippen LogP contribution is 2.48.